The van der Waals surface area contributed by atoms with Gasteiger partial charge in [-0.15, -0.1) is 0 Å². The number of rotatable bonds is 4. The molecule has 0 fully saturated rings. The third-order valence-electron chi connectivity index (χ3n) is 2.84. The highest BCUT2D eigenvalue weighted by Crippen LogP contribution is 2.28. The fraction of sp³-hybridized carbons (Fsp3) is 0.143. The Kier molecular flexibility index (Phi) is 4.13. The van der Waals surface area contributed by atoms with Crippen LogP contribution in [0.2, 0.25) is 0 Å². The van der Waals surface area contributed by atoms with E-state index in [0.717, 1.165) is 0 Å². The first-order valence-electron chi connectivity index (χ1n) is 6.00. The Bertz CT molecular complexity index is 701. The summed E-state index contributed by atoms with van der Waals surface area (Å²) in [5.41, 5.74) is 1.84. The van der Waals surface area contributed by atoms with Gasteiger partial charge in [-0.05, 0) is 25.1 Å². The van der Waals surface area contributed by atoms with Crippen LogP contribution in [0, 0.1) is 17.0 Å². The molecule has 0 unspecified atom stereocenters. The fourth-order valence-electron chi connectivity index (χ4n) is 1.74. The van der Waals surface area contributed by atoms with Crippen molar-refractivity contribution in [2.75, 3.05) is 7.11 Å². The molecule has 0 saturated heterocycles. The molecule has 7 heteroatoms. The molecule has 2 rings (SSSR count). The van der Waals surface area contributed by atoms with Crippen molar-refractivity contribution in [1.82, 2.24) is 5.16 Å². The minimum atomic E-state index is -0.495. The molecule has 0 saturated carbocycles. The second-order valence-electron chi connectivity index (χ2n) is 4.17. The van der Waals surface area contributed by atoms with Crippen LogP contribution in [0.3, 0.4) is 0 Å². The summed E-state index contributed by atoms with van der Waals surface area (Å²) in [6.45, 7) is 1.73. The van der Waals surface area contributed by atoms with Crippen molar-refractivity contribution in [2.45, 2.75) is 6.92 Å². The number of esters is 1. The van der Waals surface area contributed by atoms with Gasteiger partial charge < -0.3 is 9.26 Å². The summed E-state index contributed by atoms with van der Waals surface area (Å²) < 4.78 is 9.75. The maximum absolute atomic E-state index is 11.2. The number of carbonyl (C=O) groups is 1. The lowest BCUT2D eigenvalue weighted by atomic mass is 10.1. The molecule has 0 aliphatic carbocycles. The molecular weight excluding hydrogens is 276 g/mol. The topological polar surface area (TPSA) is 95.5 Å². The smallest absolute Gasteiger partial charge is 0.330 e. The first-order chi connectivity index (χ1) is 10.0. The monoisotopic (exact) mass is 288 g/mol. The molecule has 108 valence electrons. The first-order valence-corrected chi connectivity index (χ1v) is 6.00. The van der Waals surface area contributed by atoms with Gasteiger partial charge in [-0.1, -0.05) is 5.16 Å². The Balaban J connectivity index is 2.38. The minimum absolute atomic E-state index is 0.0124. The second kappa shape index (κ2) is 6.00. The lowest BCUT2D eigenvalue weighted by molar-refractivity contribution is -0.384. The minimum Gasteiger partial charge on any atom is -0.466 e. The van der Waals surface area contributed by atoms with Crippen molar-refractivity contribution in [3.05, 3.63) is 51.7 Å². The Morgan fingerprint density at radius 3 is 2.62 bits per heavy atom. The molecule has 0 N–H and O–H groups in total. The average molecular weight is 288 g/mol. The number of carbonyl (C=O) groups excluding carboxylic acids is 1. The van der Waals surface area contributed by atoms with Crippen LogP contribution in [0.5, 0.6) is 0 Å². The molecule has 0 radical (unpaired) electrons. The molecule has 7 nitrogen and oxygen atoms in total. The Morgan fingerprint density at radius 2 is 2.05 bits per heavy atom. The van der Waals surface area contributed by atoms with Crippen molar-refractivity contribution < 1.29 is 19.0 Å². The molecule has 2 aromatic rings. The molecular formula is C14H12N2O5. The van der Waals surface area contributed by atoms with Crippen molar-refractivity contribution in [2.24, 2.45) is 0 Å². The van der Waals surface area contributed by atoms with E-state index in [2.05, 4.69) is 9.89 Å². The van der Waals surface area contributed by atoms with Gasteiger partial charge in [-0.3, -0.25) is 10.1 Å². The molecule has 1 aromatic heterocycles. The summed E-state index contributed by atoms with van der Waals surface area (Å²) in [5, 5.41) is 14.5. The standard InChI is InChI=1S/C14H12N2O5/c1-9-12(7-8-13(17)20-2)14(21-15-9)10-3-5-11(6-4-10)16(18)19/h3-8H,1-2H3. The lowest BCUT2D eigenvalue weighted by Crippen LogP contribution is -1.93. The van der Waals surface area contributed by atoms with Crippen LogP contribution in [0.4, 0.5) is 5.69 Å². The molecule has 0 bridgehead atoms. The predicted molar refractivity (Wildman–Crippen MR) is 74.4 cm³/mol. The van der Waals surface area contributed by atoms with E-state index in [1.54, 1.807) is 19.1 Å². The Morgan fingerprint density at radius 1 is 1.38 bits per heavy atom. The molecule has 0 atom stereocenters. The van der Waals surface area contributed by atoms with E-state index in [1.807, 2.05) is 0 Å². The number of ether oxygens (including phenoxy) is 1. The van der Waals surface area contributed by atoms with Gasteiger partial charge in [0.1, 0.15) is 0 Å². The Hall–Kier alpha value is -2.96. The number of nitro benzene ring substituents is 1. The first kappa shape index (κ1) is 14.4. The number of hydrogen-bond acceptors (Lipinski definition) is 6. The summed E-state index contributed by atoms with van der Waals surface area (Å²) in [6, 6.07) is 5.88. The van der Waals surface area contributed by atoms with E-state index in [1.165, 1.54) is 31.4 Å². The molecule has 1 aromatic carbocycles. The quantitative estimate of drug-likeness (QED) is 0.371. The number of benzene rings is 1. The van der Waals surface area contributed by atoms with Crippen molar-refractivity contribution in [3.63, 3.8) is 0 Å². The number of nitrogens with zero attached hydrogens (tertiary/aromatic N) is 2. The van der Waals surface area contributed by atoms with E-state index in [-0.39, 0.29) is 5.69 Å². The summed E-state index contributed by atoms with van der Waals surface area (Å²) in [7, 11) is 1.28. The molecule has 0 amide bonds. The highest BCUT2D eigenvalue weighted by molar-refractivity contribution is 5.88. The maximum Gasteiger partial charge on any atom is 0.330 e. The average Bonchev–Trinajstić information content (AvgIpc) is 2.85. The third-order valence-corrected chi connectivity index (χ3v) is 2.84. The number of non-ortho nitro benzene ring substituents is 1. The van der Waals surface area contributed by atoms with Crippen LogP contribution < -0.4 is 0 Å². The van der Waals surface area contributed by atoms with Gasteiger partial charge in [0.05, 0.1) is 17.7 Å². The molecule has 0 aliphatic rings. The zero-order valence-corrected chi connectivity index (χ0v) is 11.4. The number of nitro groups is 1. The highest BCUT2D eigenvalue weighted by Gasteiger charge is 2.14. The summed E-state index contributed by atoms with van der Waals surface area (Å²) in [6.07, 6.45) is 2.79. The van der Waals surface area contributed by atoms with Gasteiger partial charge in [-0.2, -0.15) is 0 Å². The largest absolute Gasteiger partial charge is 0.466 e. The van der Waals surface area contributed by atoms with Gasteiger partial charge in [0.15, 0.2) is 5.76 Å². The van der Waals surface area contributed by atoms with E-state index in [9.17, 15) is 14.9 Å². The van der Waals surface area contributed by atoms with Gasteiger partial charge in [0.2, 0.25) is 0 Å². The molecule has 0 aliphatic heterocycles. The zero-order chi connectivity index (χ0) is 15.4. The van der Waals surface area contributed by atoms with Crippen LogP contribution in [-0.4, -0.2) is 23.2 Å². The van der Waals surface area contributed by atoms with Crippen LogP contribution >= 0.6 is 0 Å². The number of aryl methyl sites for hydroxylation is 1. The number of aromatic nitrogens is 1. The maximum atomic E-state index is 11.2. The third kappa shape index (κ3) is 3.14. The zero-order valence-electron chi connectivity index (χ0n) is 11.4. The van der Waals surface area contributed by atoms with Gasteiger partial charge in [0.25, 0.3) is 5.69 Å². The highest BCUT2D eigenvalue weighted by atomic mass is 16.6. The molecule has 0 spiro atoms. The van der Waals surface area contributed by atoms with Crippen molar-refractivity contribution in [1.29, 1.82) is 0 Å². The fourth-order valence-corrected chi connectivity index (χ4v) is 1.74. The summed E-state index contributed by atoms with van der Waals surface area (Å²) >= 11 is 0. The number of methoxy groups -OCH3 is 1. The van der Waals surface area contributed by atoms with E-state index in [0.29, 0.717) is 22.6 Å². The summed E-state index contributed by atoms with van der Waals surface area (Å²) in [4.78, 5) is 21.3. The van der Waals surface area contributed by atoms with Crippen molar-refractivity contribution in [3.8, 4) is 11.3 Å². The van der Waals surface area contributed by atoms with E-state index in [4.69, 9.17) is 4.52 Å². The SMILES string of the molecule is COC(=O)C=Cc1c(C)noc1-c1ccc([N+](=O)[O-])cc1. The molecule has 21 heavy (non-hydrogen) atoms. The van der Waals surface area contributed by atoms with Gasteiger partial charge >= 0.3 is 5.97 Å². The Labute approximate surface area is 120 Å². The van der Waals surface area contributed by atoms with Crippen molar-refractivity contribution >= 4 is 17.7 Å². The van der Waals surface area contributed by atoms with Gasteiger partial charge in [0, 0.05) is 29.3 Å². The van der Waals surface area contributed by atoms with Crippen LogP contribution in [0.25, 0.3) is 17.4 Å². The van der Waals surface area contributed by atoms with Crippen LogP contribution in [0.1, 0.15) is 11.3 Å². The van der Waals surface area contributed by atoms with Gasteiger partial charge in [-0.25, -0.2) is 4.79 Å². The normalized spacial score (nSPS) is 10.8. The predicted octanol–water partition coefficient (Wildman–Crippen LogP) is 2.74. The second-order valence-corrected chi connectivity index (χ2v) is 4.17. The van der Waals surface area contributed by atoms with E-state index >= 15 is 0 Å². The van der Waals surface area contributed by atoms with E-state index < -0.39 is 10.9 Å². The summed E-state index contributed by atoms with van der Waals surface area (Å²) in [5.74, 6) is -0.0622. The number of hydrogen-bond donors (Lipinski definition) is 0. The molecule has 1 heterocycles. The lowest BCUT2D eigenvalue weighted by Gasteiger charge is -1.98. The van der Waals surface area contributed by atoms with Crippen LogP contribution in [-0.2, 0) is 9.53 Å². The van der Waals surface area contributed by atoms with Crippen LogP contribution in [0.15, 0.2) is 34.9 Å².